The molecule has 0 saturated heterocycles. The van der Waals surface area contributed by atoms with Crippen molar-refractivity contribution in [2.24, 2.45) is 5.73 Å². The molecule has 0 aliphatic heterocycles. The number of aromatic nitrogens is 1. The van der Waals surface area contributed by atoms with Gasteiger partial charge >= 0.3 is 6.18 Å². The van der Waals surface area contributed by atoms with Crippen LogP contribution in [0.15, 0.2) is 18.2 Å². The Morgan fingerprint density at radius 3 is 2.33 bits per heavy atom. The fraction of sp³-hybridized carbons (Fsp3) is 0.500. The second kappa shape index (κ2) is 4.18. The van der Waals surface area contributed by atoms with Gasteiger partial charge in [-0.3, -0.25) is 0 Å². The summed E-state index contributed by atoms with van der Waals surface area (Å²) in [4.78, 5) is 3.56. The predicted octanol–water partition coefficient (Wildman–Crippen LogP) is 2.55. The molecule has 0 amide bonds. The van der Waals surface area contributed by atoms with Crippen molar-refractivity contribution in [2.75, 3.05) is 0 Å². The van der Waals surface area contributed by atoms with Crippen molar-refractivity contribution in [3.8, 4) is 0 Å². The lowest BCUT2D eigenvalue weighted by atomic mass is 10.00. The number of nitrogens with zero attached hydrogens (tertiary/aromatic N) is 1. The van der Waals surface area contributed by atoms with E-state index in [-0.39, 0.29) is 12.0 Å². The molecule has 5 heteroatoms. The average molecular weight is 218 g/mol. The predicted molar refractivity (Wildman–Crippen MR) is 51.3 cm³/mol. The van der Waals surface area contributed by atoms with E-state index in [0.29, 0.717) is 5.69 Å². The highest BCUT2D eigenvalue weighted by atomic mass is 19.4. The summed E-state index contributed by atoms with van der Waals surface area (Å²) >= 11 is 0. The molecule has 1 aromatic rings. The number of hydrogen-bond donors (Lipinski definition) is 1. The molecule has 0 saturated carbocycles. The Hall–Kier alpha value is -1.10. The Morgan fingerprint density at radius 2 is 1.87 bits per heavy atom. The average Bonchev–Trinajstić information content (AvgIpc) is 2.15. The molecule has 0 bridgehead atoms. The molecule has 0 radical (unpaired) electrons. The van der Waals surface area contributed by atoms with E-state index in [2.05, 4.69) is 4.98 Å². The van der Waals surface area contributed by atoms with Crippen molar-refractivity contribution in [1.29, 1.82) is 0 Å². The van der Waals surface area contributed by atoms with E-state index < -0.39 is 11.9 Å². The summed E-state index contributed by atoms with van der Waals surface area (Å²) in [7, 11) is 0. The zero-order valence-corrected chi connectivity index (χ0v) is 8.55. The van der Waals surface area contributed by atoms with Crippen LogP contribution in [0.4, 0.5) is 13.2 Å². The van der Waals surface area contributed by atoms with Gasteiger partial charge in [0.1, 0.15) is 5.69 Å². The molecule has 0 aliphatic carbocycles. The smallest absolute Gasteiger partial charge is 0.327 e. The fourth-order valence-corrected chi connectivity index (χ4v) is 1.13. The maximum absolute atomic E-state index is 12.3. The summed E-state index contributed by atoms with van der Waals surface area (Å²) in [6, 6.07) is 3.64. The van der Waals surface area contributed by atoms with E-state index in [1.807, 2.05) is 0 Å². The molecule has 2 nitrogen and oxygen atoms in total. The Balaban J connectivity index is 3.03. The van der Waals surface area contributed by atoms with Crippen LogP contribution in [0.25, 0.3) is 0 Å². The minimum Gasteiger partial charge on any atom is -0.327 e. The number of alkyl halides is 3. The van der Waals surface area contributed by atoms with Gasteiger partial charge in [-0.2, -0.15) is 13.2 Å². The Morgan fingerprint density at radius 1 is 1.27 bits per heavy atom. The second-order valence-corrected chi connectivity index (χ2v) is 3.59. The summed E-state index contributed by atoms with van der Waals surface area (Å²) in [5, 5.41) is 0. The lowest BCUT2D eigenvalue weighted by Gasteiger charge is -2.16. The lowest BCUT2D eigenvalue weighted by Crippen LogP contribution is -2.24. The third-order valence-electron chi connectivity index (χ3n) is 2.32. The van der Waals surface area contributed by atoms with Crippen molar-refractivity contribution in [2.45, 2.75) is 32.0 Å². The Kier molecular flexibility index (Phi) is 3.34. The third-order valence-corrected chi connectivity index (χ3v) is 2.32. The van der Waals surface area contributed by atoms with Gasteiger partial charge in [0.2, 0.25) is 0 Å². The first-order chi connectivity index (χ1) is 6.82. The molecule has 0 spiro atoms. The summed E-state index contributed by atoms with van der Waals surface area (Å²) in [5.41, 5.74) is 5.11. The molecule has 2 atom stereocenters. The van der Waals surface area contributed by atoms with Gasteiger partial charge in [-0.25, -0.2) is 4.98 Å². The van der Waals surface area contributed by atoms with Crippen LogP contribution in [0.1, 0.15) is 31.2 Å². The van der Waals surface area contributed by atoms with Gasteiger partial charge in [-0.15, -0.1) is 0 Å². The van der Waals surface area contributed by atoms with E-state index in [9.17, 15) is 13.2 Å². The molecule has 0 fully saturated rings. The van der Waals surface area contributed by atoms with Crippen LogP contribution in [0, 0.1) is 0 Å². The molecule has 1 heterocycles. The lowest BCUT2D eigenvalue weighted by molar-refractivity contribution is -0.141. The highest BCUT2D eigenvalue weighted by Gasteiger charge is 2.32. The number of hydrogen-bond acceptors (Lipinski definition) is 2. The summed E-state index contributed by atoms with van der Waals surface area (Å²) < 4.78 is 37.0. The van der Waals surface area contributed by atoms with Crippen LogP contribution < -0.4 is 5.73 Å². The van der Waals surface area contributed by atoms with Gasteiger partial charge in [0.05, 0.1) is 0 Å². The van der Waals surface area contributed by atoms with Gasteiger partial charge in [0, 0.05) is 17.7 Å². The molecule has 84 valence electrons. The van der Waals surface area contributed by atoms with Gasteiger partial charge in [0.15, 0.2) is 0 Å². The number of rotatable bonds is 2. The molecule has 0 aromatic carbocycles. The summed E-state index contributed by atoms with van der Waals surface area (Å²) in [6.45, 7) is 3.50. The van der Waals surface area contributed by atoms with Crippen LogP contribution in [-0.2, 0) is 6.18 Å². The molecule has 1 rings (SSSR count). The zero-order chi connectivity index (χ0) is 11.6. The molecule has 2 unspecified atom stereocenters. The first-order valence-corrected chi connectivity index (χ1v) is 4.62. The zero-order valence-electron chi connectivity index (χ0n) is 8.55. The minimum atomic E-state index is -4.40. The van der Waals surface area contributed by atoms with Gasteiger partial charge in [-0.05, 0) is 19.1 Å². The van der Waals surface area contributed by atoms with E-state index in [1.165, 1.54) is 6.07 Å². The first-order valence-electron chi connectivity index (χ1n) is 4.62. The monoisotopic (exact) mass is 218 g/mol. The summed E-state index contributed by atoms with van der Waals surface area (Å²) in [6.07, 6.45) is -4.40. The van der Waals surface area contributed by atoms with Crippen LogP contribution in [0.3, 0.4) is 0 Å². The SMILES string of the molecule is CC(N)C(C)c1cccc(C(F)(F)F)n1. The molecular weight excluding hydrogens is 205 g/mol. The molecule has 2 N–H and O–H groups in total. The highest BCUT2D eigenvalue weighted by Crippen LogP contribution is 2.28. The Labute approximate surface area is 86.3 Å². The van der Waals surface area contributed by atoms with Crippen molar-refractivity contribution >= 4 is 0 Å². The van der Waals surface area contributed by atoms with Crippen LogP contribution in [0.5, 0.6) is 0 Å². The van der Waals surface area contributed by atoms with Gasteiger partial charge in [-0.1, -0.05) is 13.0 Å². The van der Waals surface area contributed by atoms with Gasteiger partial charge in [0.25, 0.3) is 0 Å². The number of pyridine rings is 1. The van der Waals surface area contributed by atoms with Crippen molar-refractivity contribution < 1.29 is 13.2 Å². The highest BCUT2D eigenvalue weighted by molar-refractivity contribution is 5.17. The molecule has 1 aromatic heterocycles. The van der Waals surface area contributed by atoms with Crippen molar-refractivity contribution in [1.82, 2.24) is 4.98 Å². The normalized spacial score (nSPS) is 16.1. The van der Waals surface area contributed by atoms with E-state index in [0.717, 1.165) is 6.07 Å². The van der Waals surface area contributed by atoms with E-state index in [1.54, 1.807) is 19.9 Å². The second-order valence-electron chi connectivity index (χ2n) is 3.59. The topological polar surface area (TPSA) is 38.9 Å². The fourth-order valence-electron chi connectivity index (χ4n) is 1.13. The van der Waals surface area contributed by atoms with Crippen LogP contribution >= 0.6 is 0 Å². The van der Waals surface area contributed by atoms with Crippen molar-refractivity contribution in [3.05, 3.63) is 29.6 Å². The standard InChI is InChI=1S/C10H13F3N2/c1-6(7(2)14)8-4-3-5-9(15-8)10(11,12)13/h3-7H,14H2,1-2H3. The van der Waals surface area contributed by atoms with E-state index >= 15 is 0 Å². The van der Waals surface area contributed by atoms with Crippen LogP contribution in [0.2, 0.25) is 0 Å². The molecular formula is C10H13F3N2. The first kappa shape index (κ1) is 12.0. The maximum atomic E-state index is 12.3. The Bertz CT molecular complexity index is 334. The van der Waals surface area contributed by atoms with Gasteiger partial charge < -0.3 is 5.73 Å². The number of halogens is 3. The largest absolute Gasteiger partial charge is 0.433 e. The van der Waals surface area contributed by atoms with E-state index in [4.69, 9.17) is 5.73 Å². The van der Waals surface area contributed by atoms with Crippen LogP contribution in [-0.4, -0.2) is 11.0 Å². The quantitative estimate of drug-likeness (QED) is 0.828. The maximum Gasteiger partial charge on any atom is 0.433 e. The summed E-state index contributed by atoms with van der Waals surface area (Å²) in [5.74, 6) is -0.188. The minimum absolute atomic E-state index is 0.188. The van der Waals surface area contributed by atoms with Crippen molar-refractivity contribution in [3.63, 3.8) is 0 Å². The molecule has 15 heavy (non-hydrogen) atoms. The third kappa shape index (κ3) is 2.92. The molecule has 0 aliphatic rings. The number of nitrogens with two attached hydrogens (primary N) is 1.